The zero-order valence-electron chi connectivity index (χ0n) is 29.8. The highest BCUT2D eigenvalue weighted by Crippen LogP contribution is 2.42. The molecule has 0 aliphatic heterocycles. The number of aromatic nitrogens is 2. The highest BCUT2D eigenvalue weighted by molar-refractivity contribution is 6.19. The van der Waals surface area contributed by atoms with Crippen molar-refractivity contribution in [1.29, 1.82) is 0 Å². The zero-order chi connectivity index (χ0) is 36.3. The van der Waals surface area contributed by atoms with E-state index in [1.807, 2.05) is 12.1 Å². The van der Waals surface area contributed by atoms with Crippen LogP contribution in [0.5, 0.6) is 0 Å². The highest BCUT2D eigenvalue weighted by Gasteiger charge is 2.20. The van der Waals surface area contributed by atoms with E-state index >= 15 is 0 Å². The van der Waals surface area contributed by atoms with Crippen molar-refractivity contribution in [1.82, 2.24) is 9.97 Å². The number of furan rings is 1. The van der Waals surface area contributed by atoms with Crippen LogP contribution in [0.1, 0.15) is 0 Å². The van der Waals surface area contributed by atoms with Gasteiger partial charge in [0.1, 0.15) is 11.2 Å². The lowest BCUT2D eigenvalue weighted by atomic mass is 9.92. The normalized spacial score (nSPS) is 11.6. The van der Waals surface area contributed by atoms with Gasteiger partial charge >= 0.3 is 0 Å². The Morgan fingerprint density at radius 2 is 0.891 bits per heavy atom. The number of fused-ring (bicyclic) bond motifs is 7. The summed E-state index contributed by atoms with van der Waals surface area (Å²) in [5.74, 6) is 0.693. The number of para-hydroxylation sites is 1. The first-order valence-electron chi connectivity index (χ1n) is 18.7. The standard InChI is InChI=1S/C52H32N2O/c1-2-14-33(15-3-1)37-18-8-10-22-41(37)47-32-48(42-23-11-9-20-39(42)36-27-29-50-46(31-36)43-24-12-13-25-49(43)55-50)54-52(53-47)51-40-21-7-5-17-35(40)30-45-38-19-6-4-16-34(38)26-28-44(45)51/h1-32H. The smallest absolute Gasteiger partial charge is 0.161 e. The van der Waals surface area contributed by atoms with Crippen molar-refractivity contribution >= 4 is 54.3 Å². The molecule has 2 aromatic heterocycles. The second-order valence-electron chi connectivity index (χ2n) is 14.1. The minimum Gasteiger partial charge on any atom is -0.456 e. The molecule has 3 heteroatoms. The van der Waals surface area contributed by atoms with Gasteiger partial charge < -0.3 is 4.42 Å². The fraction of sp³-hybridized carbons (Fsp3) is 0. The molecule has 11 aromatic rings. The molecule has 0 fully saturated rings. The second-order valence-corrected chi connectivity index (χ2v) is 14.1. The van der Waals surface area contributed by atoms with E-state index in [2.05, 4.69) is 182 Å². The van der Waals surface area contributed by atoms with Crippen LogP contribution in [0.4, 0.5) is 0 Å². The molecule has 0 saturated carbocycles. The summed E-state index contributed by atoms with van der Waals surface area (Å²) in [7, 11) is 0. The van der Waals surface area contributed by atoms with Crippen LogP contribution in [-0.4, -0.2) is 9.97 Å². The van der Waals surface area contributed by atoms with Gasteiger partial charge in [-0.15, -0.1) is 0 Å². The topological polar surface area (TPSA) is 38.9 Å². The number of hydrogen-bond acceptors (Lipinski definition) is 3. The Morgan fingerprint density at radius 1 is 0.309 bits per heavy atom. The number of benzene rings is 9. The second kappa shape index (κ2) is 12.6. The molecule has 256 valence electrons. The average molecular weight is 701 g/mol. The van der Waals surface area contributed by atoms with E-state index in [0.717, 1.165) is 88.4 Å². The molecular weight excluding hydrogens is 669 g/mol. The third-order valence-electron chi connectivity index (χ3n) is 10.9. The molecule has 3 nitrogen and oxygen atoms in total. The Morgan fingerprint density at radius 3 is 1.65 bits per heavy atom. The van der Waals surface area contributed by atoms with Crippen LogP contribution in [0, 0.1) is 0 Å². The zero-order valence-corrected chi connectivity index (χ0v) is 29.8. The molecule has 0 spiro atoms. The third kappa shape index (κ3) is 5.20. The molecule has 0 unspecified atom stereocenters. The number of hydrogen-bond donors (Lipinski definition) is 0. The van der Waals surface area contributed by atoms with Crippen molar-refractivity contribution in [2.24, 2.45) is 0 Å². The van der Waals surface area contributed by atoms with Crippen LogP contribution < -0.4 is 0 Å². The largest absolute Gasteiger partial charge is 0.456 e. The Balaban J connectivity index is 1.21. The summed E-state index contributed by atoms with van der Waals surface area (Å²) in [4.78, 5) is 11.1. The van der Waals surface area contributed by atoms with Crippen LogP contribution >= 0.6 is 0 Å². The summed E-state index contributed by atoms with van der Waals surface area (Å²) in [6.07, 6.45) is 0. The van der Waals surface area contributed by atoms with Crippen molar-refractivity contribution in [3.05, 3.63) is 194 Å². The van der Waals surface area contributed by atoms with Gasteiger partial charge in [0.2, 0.25) is 0 Å². The van der Waals surface area contributed by atoms with Crippen molar-refractivity contribution in [3.8, 4) is 56.2 Å². The summed E-state index contributed by atoms with van der Waals surface area (Å²) < 4.78 is 6.21. The molecule has 0 amide bonds. The van der Waals surface area contributed by atoms with Gasteiger partial charge in [-0.25, -0.2) is 9.97 Å². The summed E-state index contributed by atoms with van der Waals surface area (Å²) in [6, 6.07) is 68.6. The van der Waals surface area contributed by atoms with Gasteiger partial charge in [0.25, 0.3) is 0 Å². The average Bonchev–Trinajstić information content (AvgIpc) is 3.64. The third-order valence-corrected chi connectivity index (χ3v) is 10.9. The van der Waals surface area contributed by atoms with Crippen molar-refractivity contribution in [2.45, 2.75) is 0 Å². The molecular formula is C52H32N2O. The summed E-state index contributed by atoms with van der Waals surface area (Å²) in [5.41, 5.74) is 11.1. The molecule has 11 rings (SSSR count). The van der Waals surface area contributed by atoms with Gasteiger partial charge in [0, 0.05) is 27.5 Å². The summed E-state index contributed by atoms with van der Waals surface area (Å²) in [6.45, 7) is 0. The van der Waals surface area contributed by atoms with E-state index in [4.69, 9.17) is 14.4 Å². The maximum Gasteiger partial charge on any atom is 0.161 e. The molecule has 2 heterocycles. The van der Waals surface area contributed by atoms with Gasteiger partial charge in [0.05, 0.1) is 11.4 Å². The van der Waals surface area contributed by atoms with Crippen LogP contribution in [-0.2, 0) is 0 Å². The predicted molar refractivity (Wildman–Crippen MR) is 229 cm³/mol. The van der Waals surface area contributed by atoms with Gasteiger partial charge in [-0.2, -0.15) is 0 Å². The summed E-state index contributed by atoms with van der Waals surface area (Å²) in [5, 5.41) is 9.22. The molecule has 0 saturated heterocycles. The van der Waals surface area contributed by atoms with Crippen LogP contribution in [0.2, 0.25) is 0 Å². The van der Waals surface area contributed by atoms with Crippen LogP contribution in [0.15, 0.2) is 199 Å². The fourth-order valence-electron chi connectivity index (χ4n) is 8.32. The fourth-order valence-corrected chi connectivity index (χ4v) is 8.32. The van der Waals surface area contributed by atoms with Gasteiger partial charge in [-0.05, 0) is 84.9 Å². The van der Waals surface area contributed by atoms with Crippen molar-refractivity contribution in [2.75, 3.05) is 0 Å². The molecule has 0 N–H and O–H groups in total. The van der Waals surface area contributed by atoms with E-state index in [9.17, 15) is 0 Å². The monoisotopic (exact) mass is 700 g/mol. The molecule has 0 aliphatic carbocycles. The SMILES string of the molecule is c1ccc(-c2ccccc2-c2cc(-c3ccccc3-c3ccc4oc5ccccc5c4c3)nc(-c3c4ccccc4cc4c3ccc3ccccc34)n2)cc1. The van der Waals surface area contributed by atoms with E-state index in [0.29, 0.717) is 5.82 Å². The maximum absolute atomic E-state index is 6.21. The van der Waals surface area contributed by atoms with E-state index < -0.39 is 0 Å². The van der Waals surface area contributed by atoms with E-state index in [1.165, 1.54) is 16.2 Å². The Labute approximate surface area is 317 Å². The Hall–Kier alpha value is -7.36. The maximum atomic E-state index is 6.21. The van der Waals surface area contributed by atoms with Gasteiger partial charge in [0.15, 0.2) is 5.82 Å². The molecule has 0 radical (unpaired) electrons. The minimum atomic E-state index is 0.693. The lowest BCUT2D eigenvalue weighted by Gasteiger charge is -2.17. The Bertz CT molecular complexity index is 3270. The van der Waals surface area contributed by atoms with E-state index in [1.54, 1.807) is 0 Å². The first kappa shape index (κ1) is 31.2. The van der Waals surface area contributed by atoms with Gasteiger partial charge in [-0.3, -0.25) is 0 Å². The van der Waals surface area contributed by atoms with Crippen molar-refractivity contribution in [3.63, 3.8) is 0 Å². The van der Waals surface area contributed by atoms with E-state index in [-0.39, 0.29) is 0 Å². The number of rotatable bonds is 5. The first-order valence-corrected chi connectivity index (χ1v) is 18.7. The minimum absolute atomic E-state index is 0.693. The number of nitrogens with zero attached hydrogens (tertiary/aromatic N) is 2. The lowest BCUT2D eigenvalue weighted by molar-refractivity contribution is 0.669. The molecule has 9 aromatic carbocycles. The highest BCUT2D eigenvalue weighted by atomic mass is 16.3. The van der Waals surface area contributed by atoms with Crippen molar-refractivity contribution < 1.29 is 4.42 Å². The predicted octanol–water partition coefficient (Wildman–Crippen LogP) is 14.2. The first-order chi connectivity index (χ1) is 27.3. The molecule has 0 aliphatic rings. The lowest BCUT2D eigenvalue weighted by Crippen LogP contribution is -1.99. The molecule has 0 bridgehead atoms. The Kier molecular flexibility index (Phi) is 7.17. The molecule has 55 heavy (non-hydrogen) atoms. The quantitative estimate of drug-likeness (QED) is 0.133. The van der Waals surface area contributed by atoms with Crippen LogP contribution in [0.3, 0.4) is 0 Å². The van der Waals surface area contributed by atoms with Gasteiger partial charge in [-0.1, -0.05) is 164 Å². The van der Waals surface area contributed by atoms with Crippen LogP contribution in [0.25, 0.3) is 110 Å². The molecule has 0 atom stereocenters. The summed E-state index contributed by atoms with van der Waals surface area (Å²) >= 11 is 0.